The molecule has 2 unspecified atom stereocenters. The molecular formula is C43H70NO8P. The van der Waals surface area contributed by atoms with Crippen LogP contribution in [0.3, 0.4) is 0 Å². The Morgan fingerprint density at radius 2 is 1.08 bits per heavy atom. The average Bonchev–Trinajstić information content (AvgIpc) is 3.14. The van der Waals surface area contributed by atoms with E-state index in [1.54, 1.807) is 0 Å². The van der Waals surface area contributed by atoms with E-state index in [0.717, 1.165) is 64.2 Å². The van der Waals surface area contributed by atoms with Crippen LogP contribution in [0.5, 0.6) is 0 Å². The number of carbonyl (C=O) groups excluding carboxylic acids is 2. The molecule has 300 valence electrons. The highest BCUT2D eigenvalue weighted by atomic mass is 31.2. The first-order valence-corrected chi connectivity index (χ1v) is 21.2. The maximum atomic E-state index is 12.1. The fourth-order valence-electron chi connectivity index (χ4n) is 4.54. The van der Waals surface area contributed by atoms with Crippen LogP contribution >= 0.6 is 7.82 Å². The standard InChI is InChI=1S/C43H70NO8P/c1-3-5-7-9-11-13-15-17-19-20-22-23-25-27-29-31-33-35-42(46)44-37-38-51-53(48,49)52-40-41(45)39-50-43(47)36-34-32-30-28-26-24-21-18-16-14-12-10-8-6-4-2/h6,8,11-14,17-19,21-23,26-29,41,45H,3-5,7,9-10,15-16,20,24-25,30-40H2,1-2H3,(H,44,46)(H,48,49)/b8-6-,13-11-,14-12-,19-17-,21-18-,23-22-,28-26-,29-27-. The van der Waals surface area contributed by atoms with Gasteiger partial charge in [-0.3, -0.25) is 18.6 Å². The average molecular weight is 760 g/mol. The maximum Gasteiger partial charge on any atom is 0.472 e. The molecule has 0 aliphatic heterocycles. The Hall–Kier alpha value is -3.07. The second-order valence-electron chi connectivity index (χ2n) is 12.5. The highest BCUT2D eigenvalue weighted by Crippen LogP contribution is 2.42. The zero-order valence-corrected chi connectivity index (χ0v) is 33.6. The quantitative estimate of drug-likeness (QED) is 0.0252. The van der Waals surface area contributed by atoms with Crippen molar-refractivity contribution >= 4 is 19.7 Å². The Kier molecular flexibility index (Phi) is 36.4. The molecule has 0 radical (unpaired) electrons. The summed E-state index contributed by atoms with van der Waals surface area (Å²) < 4.78 is 26.7. The summed E-state index contributed by atoms with van der Waals surface area (Å²) in [5, 5.41) is 12.6. The van der Waals surface area contributed by atoms with Crippen LogP contribution in [0.25, 0.3) is 0 Å². The fraction of sp³-hybridized carbons (Fsp3) is 0.581. The topological polar surface area (TPSA) is 131 Å². The molecule has 0 aromatic heterocycles. The molecule has 0 saturated carbocycles. The van der Waals surface area contributed by atoms with E-state index in [4.69, 9.17) is 13.8 Å². The van der Waals surface area contributed by atoms with E-state index in [-0.39, 0.29) is 32.1 Å². The monoisotopic (exact) mass is 759 g/mol. The summed E-state index contributed by atoms with van der Waals surface area (Å²) in [4.78, 5) is 33.8. The minimum atomic E-state index is -4.44. The number of rotatable bonds is 35. The lowest BCUT2D eigenvalue weighted by Crippen LogP contribution is -2.27. The minimum Gasteiger partial charge on any atom is -0.463 e. The van der Waals surface area contributed by atoms with Crippen molar-refractivity contribution in [3.8, 4) is 0 Å². The zero-order valence-electron chi connectivity index (χ0n) is 32.7. The lowest BCUT2D eigenvalue weighted by atomic mass is 10.2. The van der Waals surface area contributed by atoms with Gasteiger partial charge in [0.15, 0.2) is 0 Å². The molecule has 0 aliphatic carbocycles. The third kappa shape index (κ3) is 40.0. The Morgan fingerprint density at radius 1 is 0.604 bits per heavy atom. The number of ether oxygens (including phenoxy) is 1. The highest BCUT2D eigenvalue weighted by Gasteiger charge is 2.23. The first-order valence-electron chi connectivity index (χ1n) is 19.7. The third-order valence-corrected chi connectivity index (χ3v) is 8.48. The number of hydrogen-bond acceptors (Lipinski definition) is 7. The van der Waals surface area contributed by atoms with Crippen LogP contribution in [0, 0.1) is 0 Å². The van der Waals surface area contributed by atoms with Crippen molar-refractivity contribution in [1.82, 2.24) is 5.32 Å². The summed E-state index contributed by atoms with van der Waals surface area (Å²) >= 11 is 0. The second kappa shape index (κ2) is 38.6. The van der Waals surface area contributed by atoms with E-state index in [2.05, 4.69) is 116 Å². The molecule has 3 N–H and O–H groups in total. The Balaban J connectivity index is 3.79. The summed E-state index contributed by atoms with van der Waals surface area (Å²) in [6.07, 6.45) is 49.2. The van der Waals surface area contributed by atoms with Crippen LogP contribution in [-0.2, 0) is 27.9 Å². The summed E-state index contributed by atoms with van der Waals surface area (Å²) in [5.74, 6) is -0.627. The Morgan fingerprint density at radius 3 is 1.58 bits per heavy atom. The van der Waals surface area contributed by atoms with Crippen molar-refractivity contribution in [1.29, 1.82) is 0 Å². The van der Waals surface area contributed by atoms with E-state index < -0.39 is 26.5 Å². The van der Waals surface area contributed by atoms with Gasteiger partial charge < -0.3 is 20.1 Å². The van der Waals surface area contributed by atoms with Crippen molar-refractivity contribution in [3.05, 3.63) is 97.2 Å². The van der Waals surface area contributed by atoms with E-state index in [0.29, 0.717) is 19.3 Å². The number of amides is 1. The molecule has 0 heterocycles. The van der Waals surface area contributed by atoms with E-state index in [1.807, 2.05) is 0 Å². The van der Waals surface area contributed by atoms with E-state index in [9.17, 15) is 24.2 Å². The van der Waals surface area contributed by atoms with Crippen molar-refractivity contribution in [2.45, 2.75) is 136 Å². The van der Waals surface area contributed by atoms with Gasteiger partial charge in [0.05, 0.1) is 13.2 Å². The molecule has 0 bridgehead atoms. The Labute approximate surface area is 321 Å². The second-order valence-corrected chi connectivity index (χ2v) is 14.0. The zero-order chi connectivity index (χ0) is 38.9. The number of hydrogen-bond donors (Lipinski definition) is 3. The van der Waals surface area contributed by atoms with Crippen LogP contribution in [0.4, 0.5) is 0 Å². The molecule has 0 saturated heterocycles. The predicted molar refractivity (Wildman–Crippen MR) is 219 cm³/mol. The summed E-state index contributed by atoms with van der Waals surface area (Å²) in [5.41, 5.74) is 0. The van der Waals surface area contributed by atoms with Crippen LogP contribution in [0.1, 0.15) is 129 Å². The molecule has 0 rings (SSSR count). The summed E-state index contributed by atoms with van der Waals surface area (Å²) in [6.45, 7) is 3.25. The lowest BCUT2D eigenvalue weighted by Gasteiger charge is -2.15. The third-order valence-electron chi connectivity index (χ3n) is 7.50. The molecule has 9 nitrogen and oxygen atoms in total. The lowest BCUT2D eigenvalue weighted by molar-refractivity contribution is -0.147. The van der Waals surface area contributed by atoms with Gasteiger partial charge in [0.25, 0.3) is 0 Å². The normalized spacial score (nSPS) is 14.4. The van der Waals surface area contributed by atoms with Crippen molar-refractivity contribution in [2.24, 2.45) is 0 Å². The van der Waals surface area contributed by atoms with Gasteiger partial charge in [-0.2, -0.15) is 0 Å². The smallest absolute Gasteiger partial charge is 0.463 e. The fourth-order valence-corrected chi connectivity index (χ4v) is 5.29. The number of unbranched alkanes of at least 4 members (excludes halogenated alkanes) is 6. The Bertz CT molecular complexity index is 1180. The number of esters is 1. The number of aliphatic hydroxyl groups excluding tert-OH is 1. The highest BCUT2D eigenvalue weighted by molar-refractivity contribution is 7.47. The number of aliphatic hydroxyl groups is 1. The van der Waals surface area contributed by atoms with Crippen molar-refractivity contribution < 1.29 is 37.9 Å². The summed E-state index contributed by atoms with van der Waals surface area (Å²) in [7, 11) is -4.44. The molecule has 0 aromatic carbocycles. The van der Waals surface area contributed by atoms with Gasteiger partial charge in [-0.1, -0.05) is 124 Å². The van der Waals surface area contributed by atoms with Gasteiger partial charge in [-0.15, -0.1) is 0 Å². The molecule has 10 heteroatoms. The predicted octanol–water partition coefficient (Wildman–Crippen LogP) is 10.7. The van der Waals surface area contributed by atoms with E-state index >= 15 is 0 Å². The van der Waals surface area contributed by atoms with Crippen molar-refractivity contribution in [2.75, 3.05) is 26.4 Å². The van der Waals surface area contributed by atoms with Gasteiger partial charge in [0, 0.05) is 19.4 Å². The SMILES string of the molecule is CC/C=C\C/C=C\C/C=C\C/C=C\CCCCC(=O)OCC(O)COP(=O)(O)OCCNC(=O)CCC/C=C\C/C=C\C/C=C\C/C=C\CCCCC. The molecule has 53 heavy (non-hydrogen) atoms. The first kappa shape index (κ1) is 49.9. The molecule has 0 aromatic rings. The molecular weight excluding hydrogens is 689 g/mol. The van der Waals surface area contributed by atoms with Gasteiger partial charge in [-0.05, 0) is 89.9 Å². The van der Waals surface area contributed by atoms with Crippen molar-refractivity contribution in [3.63, 3.8) is 0 Å². The first-order chi connectivity index (χ1) is 25.8. The molecule has 0 aliphatic rings. The molecule has 0 spiro atoms. The largest absolute Gasteiger partial charge is 0.472 e. The van der Waals surface area contributed by atoms with Crippen LogP contribution in [0.2, 0.25) is 0 Å². The summed E-state index contributed by atoms with van der Waals surface area (Å²) in [6, 6.07) is 0. The van der Waals surface area contributed by atoms with Crippen LogP contribution in [-0.4, -0.2) is 54.3 Å². The molecule has 2 atom stereocenters. The number of carbonyl (C=O) groups is 2. The van der Waals surface area contributed by atoms with Crippen LogP contribution < -0.4 is 5.32 Å². The minimum absolute atomic E-state index is 0.0412. The molecule has 1 amide bonds. The van der Waals surface area contributed by atoms with Gasteiger partial charge >= 0.3 is 13.8 Å². The van der Waals surface area contributed by atoms with Gasteiger partial charge in [0.2, 0.25) is 5.91 Å². The van der Waals surface area contributed by atoms with Crippen LogP contribution in [0.15, 0.2) is 97.2 Å². The van der Waals surface area contributed by atoms with Gasteiger partial charge in [-0.25, -0.2) is 4.57 Å². The molecule has 0 fully saturated rings. The van der Waals surface area contributed by atoms with Gasteiger partial charge in [0.1, 0.15) is 12.7 Å². The number of nitrogens with one attached hydrogen (secondary N) is 1. The maximum absolute atomic E-state index is 12.1. The number of phosphoric ester groups is 1. The number of phosphoric acid groups is 1. The van der Waals surface area contributed by atoms with E-state index in [1.165, 1.54) is 25.7 Å². The number of allylic oxidation sites excluding steroid dienone is 16.